The average Bonchev–Trinajstić information content (AvgIpc) is 2.35. The van der Waals surface area contributed by atoms with Crippen molar-refractivity contribution in [1.29, 1.82) is 0 Å². The third-order valence-corrected chi connectivity index (χ3v) is 5.29. The second-order valence-corrected chi connectivity index (χ2v) is 8.01. The van der Waals surface area contributed by atoms with Crippen LogP contribution in [0, 0.1) is 12.8 Å². The van der Waals surface area contributed by atoms with Crippen LogP contribution in [-0.4, -0.2) is 38.4 Å². The molecule has 1 heterocycles. The maximum absolute atomic E-state index is 12.5. The molecule has 0 saturated carbocycles. The van der Waals surface area contributed by atoms with Gasteiger partial charge in [-0.05, 0) is 37.8 Å². The Morgan fingerprint density at radius 3 is 2.27 bits per heavy atom. The molecule has 0 aromatic heterocycles. The van der Waals surface area contributed by atoms with Crippen LogP contribution in [0.3, 0.4) is 0 Å². The third kappa shape index (κ3) is 4.08. The van der Waals surface area contributed by atoms with Crippen LogP contribution in [0.2, 0.25) is 0 Å². The van der Waals surface area contributed by atoms with E-state index in [0.29, 0.717) is 6.42 Å². The zero-order valence-electron chi connectivity index (χ0n) is 13.4. The standard InChI is InChI=1S/C16H24N2O3S/c1-12(2)11-15(16(19)18-9-4-10-18)17-22(20,21)14-7-5-13(3)6-8-14/h5-8,12,15,17H,4,9-11H2,1-3H3. The van der Waals surface area contributed by atoms with Crippen molar-refractivity contribution in [2.75, 3.05) is 13.1 Å². The minimum absolute atomic E-state index is 0.115. The molecule has 1 aliphatic heterocycles. The quantitative estimate of drug-likeness (QED) is 0.869. The minimum atomic E-state index is -3.68. The van der Waals surface area contributed by atoms with Gasteiger partial charge in [0.05, 0.1) is 4.90 Å². The van der Waals surface area contributed by atoms with Gasteiger partial charge in [0, 0.05) is 13.1 Å². The van der Waals surface area contributed by atoms with Gasteiger partial charge < -0.3 is 4.90 Å². The smallest absolute Gasteiger partial charge is 0.241 e. The maximum atomic E-state index is 12.5. The Hall–Kier alpha value is -1.40. The number of benzene rings is 1. The van der Waals surface area contributed by atoms with Crippen molar-refractivity contribution in [2.24, 2.45) is 5.92 Å². The Morgan fingerprint density at radius 2 is 1.82 bits per heavy atom. The van der Waals surface area contributed by atoms with Gasteiger partial charge in [-0.2, -0.15) is 4.72 Å². The fraction of sp³-hybridized carbons (Fsp3) is 0.562. The van der Waals surface area contributed by atoms with E-state index < -0.39 is 16.1 Å². The molecule has 6 heteroatoms. The van der Waals surface area contributed by atoms with Crippen molar-refractivity contribution < 1.29 is 13.2 Å². The van der Waals surface area contributed by atoms with E-state index in [1.165, 1.54) is 0 Å². The fourth-order valence-corrected chi connectivity index (χ4v) is 3.60. The van der Waals surface area contributed by atoms with Crippen molar-refractivity contribution >= 4 is 15.9 Å². The van der Waals surface area contributed by atoms with Crippen LogP contribution in [0.25, 0.3) is 0 Å². The molecule has 1 aromatic rings. The van der Waals surface area contributed by atoms with E-state index in [-0.39, 0.29) is 16.7 Å². The molecule has 1 fully saturated rings. The van der Waals surface area contributed by atoms with E-state index in [4.69, 9.17) is 0 Å². The predicted molar refractivity (Wildman–Crippen MR) is 85.9 cm³/mol. The molecule has 0 radical (unpaired) electrons. The maximum Gasteiger partial charge on any atom is 0.241 e. The lowest BCUT2D eigenvalue weighted by Gasteiger charge is -2.34. The van der Waals surface area contributed by atoms with Gasteiger partial charge in [0.25, 0.3) is 0 Å². The Kier molecular flexibility index (Phi) is 5.24. The van der Waals surface area contributed by atoms with E-state index in [1.54, 1.807) is 29.2 Å². The number of likely N-dealkylation sites (tertiary alicyclic amines) is 1. The summed E-state index contributed by atoms with van der Waals surface area (Å²) in [5.41, 5.74) is 0.995. The van der Waals surface area contributed by atoms with Crippen LogP contribution in [-0.2, 0) is 14.8 Å². The van der Waals surface area contributed by atoms with Gasteiger partial charge in [-0.1, -0.05) is 31.5 Å². The summed E-state index contributed by atoms with van der Waals surface area (Å²) in [4.78, 5) is 14.3. The summed E-state index contributed by atoms with van der Waals surface area (Å²) in [7, 11) is -3.68. The minimum Gasteiger partial charge on any atom is -0.341 e. The Morgan fingerprint density at radius 1 is 1.23 bits per heavy atom. The van der Waals surface area contributed by atoms with Crippen molar-refractivity contribution in [3.05, 3.63) is 29.8 Å². The first kappa shape index (κ1) is 17.0. The summed E-state index contributed by atoms with van der Waals surface area (Å²) < 4.78 is 27.6. The molecular weight excluding hydrogens is 300 g/mol. The molecule has 5 nitrogen and oxygen atoms in total. The molecular formula is C16H24N2O3S. The van der Waals surface area contributed by atoms with Crippen LogP contribution in [0.4, 0.5) is 0 Å². The summed E-state index contributed by atoms with van der Waals surface area (Å²) in [6, 6.07) is 5.95. The SMILES string of the molecule is Cc1ccc(S(=O)(=O)NC(CC(C)C)C(=O)N2CCC2)cc1. The molecule has 1 aromatic carbocycles. The van der Waals surface area contributed by atoms with Gasteiger partial charge in [0.1, 0.15) is 6.04 Å². The van der Waals surface area contributed by atoms with Crippen molar-refractivity contribution in [1.82, 2.24) is 9.62 Å². The number of hydrogen-bond acceptors (Lipinski definition) is 3. The van der Waals surface area contributed by atoms with Crippen molar-refractivity contribution in [3.63, 3.8) is 0 Å². The fourth-order valence-electron chi connectivity index (χ4n) is 2.40. The summed E-state index contributed by atoms with van der Waals surface area (Å²) in [5, 5.41) is 0. The average molecular weight is 324 g/mol. The normalized spacial score (nSPS) is 16.5. The number of aryl methyl sites for hydroxylation is 1. The molecule has 0 spiro atoms. The molecule has 1 N–H and O–H groups in total. The molecule has 1 amide bonds. The number of hydrogen-bond donors (Lipinski definition) is 1. The van der Waals surface area contributed by atoms with Gasteiger partial charge in [-0.25, -0.2) is 8.42 Å². The van der Waals surface area contributed by atoms with Gasteiger partial charge in [0.15, 0.2) is 0 Å². The molecule has 0 bridgehead atoms. The van der Waals surface area contributed by atoms with Gasteiger partial charge >= 0.3 is 0 Å². The van der Waals surface area contributed by atoms with Crippen LogP contribution in [0.1, 0.15) is 32.3 Å². The number of sulfonamides is 1. The topological polar surface area (TPSA) is 66.5 Å². The molecule has 122 valence electrons. The van der Waals surface area contributed by atoms with Gasteiger partial charge in [-0.15, -0.1) is 0 Å². The van der Waals surface area contributed by atoms with E-state index in [1.807, 2.05) is 20.8 Å². The number of nitrogens with one attached hydrogen (secondary N) is 1. The van der Waals surface area contributed by atoms with Crippen LogP contribution >= 0.6 is 0 Å². The van der Waals surface area contributed by atoms with Crippen LogP contribution in [0.15, 0.2) is 29.2 Å². The highest BCUT2D eigenvalue weighted by Gasteiger charge is 2.32. The van der Waals surface area contributed by atoms with Crippen molar-refractivity contribution in [2.45, 2.75) is 44.6 Å². The van der Waals surface area contributed by atoms with Crippen LogP contribution < -0.4 is 4.72 Å². The van der Waals surface area contributed by atoms with Crippen LogP contribution in [0.5, 0.6) is 0 Å². The highest BCUT2D eigenvalue weighted by atomic mass is 32.2. The molecule has 0 aliphatic carbocycles. The summed E-state index contributed by atoms with van der Waals surface area (Å²) in [6.45, 7) is 7.31. The number of amides is 1. The molecule has 1 unspecified atom stereocenters. The molecule has 1 aliphatic rings. The second-order valence-electron chi connectivity index (χ2n) is 6.30. The summed E-state index contributed by atoms with van der Waals surface area (Å²) >= 11 is 0. The highest BCUT2D eigenvalue weighted by Crippen LogP contribution is 2.17. The number of carbonyl (C=O) groups excluding carboxylic acids is 1. The molecule has 1 atom stereocenters. The van der Waals surface area contributed by atoms with Crippen molar-refractivity contribution in [3.8, 4) is 0 Å². The van der Waals surface area contributed by atoms with E-state index in [0.717, 1.165) is 25.1 Å². The Labute approximate surface area is 132 Å². The number of carbonyl (C=O) groups is 1. The first-order valence-electron chi connectivity index (χ1n) is 7.67. The lowest BCUT2D eigenvalue weighted by Crippen LogP contribution is -2.53. The zero-order valence-corrected chi connectivity index (χ0v) is 14.2. The molecule has 22 heavy (non-hydrogen) atoms. The largest absolute Gasteiger partial charge is 0.341 e. The molecule has 1 saturated heterocycles. The lowest BCUT2D eigenvalue weighted by molar-refractivity contribution is -0.136. The second kappa shape index (κ2) is 6.79. The molecule has 2 rings (SSSR count). The third-order valence-electron chi connectivity index (χ3n) is 3.80. The monoisotopic (exact) mass is 324 g/mol. The number of nitrogens with zero attached hydrogens (tertiary/aromatic N) is 1. The predicted octanol–water partition coefficient (Wildman–Crippen LogP) is 1.92. The van der Waals surface area contributed by atoms with E-state index in [2.05, 4.69) is 4.72 Å². The van der Waals surface area contributed by atoms with E-state index in [9.17, 15) is 13.2 Å². The summed E-state index contributed by atoms with van der Waals surface area (Å²) in [6.07, 6.45) is 1.49. The summed E-state index contributed by atoms with van der Waals surface area (Å²) in [5.74, 6) is 0.117. The highest BCUT2D eigenvalue weighted by molar-refractivity contribution is 7.89. The lowest BCUT2D eigenvalue weighted by atomic mass is 10.0. The van der Waals surface area contributed by atoms with E-state index >= 15 is 0 Å². The van der Waals surface area contributed by atoms with Gasteiger partial charge in [-0.3, -0.25) is 4.79 Å². The first-order valence-corrected chi connectivity index (χ1v) is 9.15. The van der Waals surface area contributed by atoms with Gasteiger partial charge in [0.2, 0.25) is 15.9 Å². The number of rotatable bonds is 6. The Balaban J connectivity index is 2.17. The zero-order chi connectivity index (χ0) is 16.3. The first-order chi connectivity index (χ1) is 10.3. The Bertz CT molecular complexity index is 619.